The minimum atomic E-state index is -6.43. The van der Waals surface area contributed by atoms with Crippen LogP contribution in [0, 0.1) is 0 Å². The van der Waals surface area contributed by atoms with Crippen LogP contribution < -0.4 is 9.47 Å². The number of methoxy groups -OCH3 is 2. The van der Waals surface area contributed by atoms with Crippen LogP contribution in [0.1, 0.15) is 5.56 Å². The van der Waals surface area contributed by atoms with Crippen LogP contribution in [0.5, 0.6) is 17.2 Å². The summed E-state index contributed by atoms with van der Waals surface area (Å²) in [5, 5.41) is 9.73. The van der Waals surface area contributed by atoms with Crippen LogP contribution in [-0.2, 0) is 19.6 Å². The van der Waals surface area contributed by atoms with Crippen molar-refractivity contribution in [3.05, 3.63) is 23.8 Å². The molecule has 0 heterocycles. The molecule has 0 bridgehead atoms. The molecule has 0 atom stereocenters. The molecule has 170 valence electrons. The molecule has 0 spiro atoms. The standard InChI is InChI=1S/C15H14F6O8S/c1-27-9-5-8(6-10(28-2)12(9)23)3-4-11(22)29-13(14(16,17)18,15(19,20)21)7-30(24,25)26/h3-6,23H,7H2,1-2H3,(H,24,25,26)/b4-3+. The third kappa shape index (κ3) is 5.69. The molecule has 1 rings (SSSR count). The van der Waals surface area contributed by atoms with E-state index in [4.69, 9.17) is 14.0 Å². The van der Waals surface area contributed by atoms with Gasteiger partial charge in [-0.2, -0.15) is 34.8 Å². The van der Waals surface area contributed by atoms with Crippen molar-refractivity contribution in [1.29, 1.82) is 0 Å². The SMILES string of the molecule is COc1cc(/C=C/C(=O)OC(CS(=O)(=O)O)(C(F)(F)F)C(F)(F)F)cc(OC)c1O. The Balaban J connectivity index is 3.35. The van der Waals surface area contributed by atoms with E-state index >= 15 is 0 Å². The third-order valence-corrected chi connectivity index (χ3v) is 4.26. The molecule has 0 aliphatic rings. The fraction of sp³-hybridized carbons (Fsp3) is 0.400. The molecule has 1 aromatic rings. The number of alkyl halides is 6. The van der Waals surface area contributed by atoms with E-state index in [1.54, 1.807) is 0 Å². The Hall–Kier alpha value is -2.68. The first-order valence-electron chi connectivity index (χ1n) is 7.42. The summed E-state index contributed by atoms with van der Waals surface area (Å²) >= 11 is 0. The number of ether oxygens (including phenoxy) is 3. The first kappa shape index (κ1) is 25.4. The highest BCUT2D eigenvalue weighted by atomic mass is 32.2. The number of rotatable bonds is 7. The molecule has 15 heteroatoms. The monoisotopic (exact) mass is 468 g/mol. The van der Waals surface area contributed by atoms with Crippen molar-refractivity contribution in [1.82, 2.24) is 0 Å². The zero-order chi connectivity index (χ0) is 23.5. The van der Waals surface area contributed by atoms with Crippen LogP contribution in [0.15, 0.2) is 18.2 Å². The van der Waals surface area contributed by atoms with Gasteiger partial charge in [-0.05, 0) is 23.8 Å². The number of phenolic OH excluding ortho intramolecular Hbond substituents is 1. The number of carbonyl (C=O) groups excluding carboxylic acids is 1. The maximum Gasteiger partial charge on any atom is 0.438 e. The van der Waals surface area contributed by atoms with Crippen molar-refractivity contribution < 1.29 is 63.4 Å². The molecule has 30 heavy (non-hydrogen) atoms. The van der Waals surface area contributed by atoms with Crippen LogP contribution >= 0.6 is 0 Å². The Bertz CT molecular complexity index is 881. The highest BCUT2D eigenvalue weighted by Crippen LogP contribution is 2.47. The molecule has 0 radical (unpaired) electrons. The number of carbonyl (C=O) groups is 1. The molecule has 0 aliphatic heterocycles. The van der Waals surface area contributed by atoms with Gasteiger partial charge < -0.3 is 19.3 Å². The van der Waals surface area contributed by atoms with Crippen molar-refractivity contribution in [2.75, 3.05) is 20.0 Å². The number of aromatic hydroxyl groups is 1. The summed E-state index contributed by atoms with van der Waals surface area (Å²) in [5.41, 5.74) is -5.59. The molecule has 0 saturated carbocycles. The lowest BCUT2D eigenvalue weighted by molar-refractivity contribution is -0.360. The van der Waals surface area contributed by atoms with Gasteiger partial charge in [0, 0.05) is 6.08 Å². The van der Waals surface area contributed by atoms with Crippen molar-refractivity contribution in [3.8, 4) is 17.2 Å². The van der Waals surface area contributed by atoms with E-state index in [0.29, 0.717) is 6.08 Å². The van der Waals surface area contributed by atoms with Crippen molar-refractivity contribution in [2.45, 2.75) is 18.0 Å². The third-order valence-electron chi connectivity index (χ3n) is 3.49. The predicted octanol–water partition coefficient (Wildman–Crippen LogP) is 2.72. The van der Waals surface area contributed by atoms with E-state index in [0.717, 1.165) is 26.4 Å². The molecule has 0 saturated heterocycles. The number of esters is 1. The smallest absolute Gasteiger partial charge is 0.438 e. The lowest BCUT2D eigenvalue weighted by atomic mass is 10.1. The molecule has 0 aliphatic carbocycles. The van der Waals surface area contributed by atoms with Crippen molar-refractivity contribution >= 4 is 22.2 Å². The molecule has 0 unspecified atom stereocenters. The number of phenols is 1. The van der Waals surface area contributed by atoms with Gasteiger partial charge in [0.25, 0.3) is 10.1 Å². The van der Waals surface area contributed by atoms with E-state index in [1.807, 2.05) is 0 Å². The molecular formula is C15H14F6O8S. The first-order chi connectivity index (χ1) is 13.5. The lowest BCUT2D eigenvalue weighted by Gasteiger charge is -2.35. The van der Waals surface area contributed by atoms with Gasteiger partial charge in [-0.15, -0.1) is 0 Å². The fourth-order valence-corrected chi connectivity index (χ4v) is 3.01. The van der Waals surface area contributed by atoms with Gasteiger partial charge in [0.1, 0.15) is 5.75 Å². The average Bonchev–Trinajstić information content (AvgIpc) is 2.57. The number of halogens is 6. The van der Waals surface area contributed by atoms with E-state index in [1.165, 1.54) is 0 Å². The zero-order valence-corrected chi connectivity index (χ0v) is 15.9. The Labute approximate surface area is 165 Å². The zero-order valence-electron chi connectivity index (χ0n) is 15.0. The van der Waals surface area contributed by atoms with Crippen LogP contribution in [0.3, 0.4) is 0 Å². The van der Waals surface area contributed by atoms with Crippen molar-refractivity contribution in [2.24, 2.45) is 0 Å². The van der Waals surface area contributed by atoms with E-state index in [2.05, 4.69) is 4.74 Å². The summed E-state index contributed by atoms with van der Waals surface area (Å²) in [7, 11) is -3.62. The van der Waals surface area contributed by atoms with Gasteiger partial charge in [-0.25, -0.2) is 4.79 Å². The summed E-state index contributed by atoms with van der Waals surface area (Å²) in [4.78, 5) is 11.7. The number of hydrogen-bond donors (Lipinski definition) is 2. The summed E-state index contributed by atoms with van der Waals surface area (Å²) in [6, 6.07) is 2.11. The largest absolute Gasteiger partial charge is 0.502 e. The molecule has 8 nitrogen and oxygen atoms in total. The molecular weight excluding hydrogens is 454 g/mol. The predicted molar refractivity (Wildman–Crippen MR) is 87.6 cm³/mol. The van der Waals surface area contributed by atoms with Gasteiger partial charge in [-0.1, -0.05) is 0 Å². The van der Waals surface area contributed by atoms with Crippen LogP contribution in [0.4, 0.5) is 26.3 Å². The second-order valence-electron chi connectivity index (χ2n) is 5.58. The van der Waals surface area contributed by atoms with E-state index < -0.39 is 45.5 Å². The molecule has 2 N–H and O–H groups in total. The Morgan fingerprint density at radius 3 is 1.80 bits per heavy atom. The summed E-state index contributed by atoms with van der Waals surface area (Å²) in [5.74, 6) is -6.09. The molecule has 1 aromatic carbocycles. The quantitative estimate of drug-likeness (QED) is 0.271. The van der Waals surface area contributed by atoms with Gasteiger partial charge in [-0.3, -0.25) is 4.55 Å². The second kappa shape index (κ2) is 8.59. The fourth-order valence-electron chi connectivity index (χ4n) is 2.11. The van der Waals surface area contributed by atoms with Gasteiger partial charge in [0.15, 0.2) is 11.5 Å². The Morgan fingerprint density at radius 2 is 1.47 bits per heavy atom. The van der Waals surface area contributed by atoms with Crippen molar-refractivity contribution in [3.63, 3.8) is 0 Å². The summed E-state index contributed by atoms with van der Waals surface area (Å²) < 4.78 is 122. The summed E-state index contributed by atoms with van der Waals surface area (Å²) in [6.45, 7) is 0. The Kier molecular flexibility index (Phi) is 7.26. The van der Waals surface area contributed by atoms with Gasteiger partial charge >= 0.3 is 23.9 Å². The Morgan fingerprint density at radius 1 is 1.03 bits per heavy atom. The number of hydrogen-bond acceptors (Lipinski definition) is 7. The van der Waals surface area contributed by atoms with E-state index in [9.17, 15) is 44.7 Å². The van der Waals surface area contributed by atoms with Gasteiger partial charge in [0.05, 0.1) is 14.2 Å². The van der Waals surface area contributed by atoms with Crippen LogP contribution in [0.25, 0.3) is 6.08 Å². The highest BCUT2D eigenvalue weighted by molar-refractivity contribution is 7.85. The highest BCUT2D eigenvalue weighted by Gasteiger charge is 2.75. The minimum Gasteiger partial charge on any atom is -0.502 e. The topological polar surface area (TPSA) is 119 Å². The lowest BCUT2D eigenvalue weighted by Crippen LogP contribution is -2.63. The number of benzene rings is 1. The molecule has 0 aromatic heterocycles. The first-order valence-corrected chi connectivity index (χ1v) is 9.03. The molecule has 0 amide bonds. The molecule has 0 fully saturated rings. The summed E-state index contributed by atoms with van der Waals surface area (Å²) in [6.07, 6.45) is -12.0. The second-order valence-corrected chi connectivity index (χ2v) is 7.03. The van der Waals surface area contributed by atoms with E-state index in [-0.39, 0.29) is 23.1 Å². The normalized spacial score (nSPS) is 13.4. The van der Waals surface area contributed by atoms with Crippen LogP contribution in [0.2, 0.25) is 0 Å². The maximum atomic E-state index is 13.1. The van der Waals surface area contributed by atoms with Gasteiger partial charge in [0.2, 0.25) is 5.75 Å². The van der Waals surface area contributed by atoms with Crippen LogP contribution in [-0.4, -0.2) is 62.0 Å². The maximum absolute atomic E-state index is 13.1. The minimum absolute atomic E-state index is 0.0714. The average molecular weight is 468 g/mol.